The Kier molecular flexibility index (Phi) is 7.16. The molecular weight excluding hydrogens is 433 g/mol. The molecule has 2 saturated heterocycles. The molecule has 7 nitrogen and oxygen atoms in total. The summed E-state index contributed by atoms with van der Waals surface area (Å²) in [6.45, 7) is 2.94. The molecule has 1 atom stereocenters. The van der Waals surface area contributed by atoms with Crippen LogP contribution in [-0.4, -0.2) is 73.0 Å². The van der Waals surface area contributed by atoms with Crippen molar-refractivity contribution >= 4 is 29.1 Å². The van der Waals surface area contributed by atoms with Gasteiger partial charge in [-0.2, -0.15) is 0 Å². The number of carbonyl (C=O) groups is 3. The van der Waals surface area contributed by atoms with Crippen LogP contribution in [0.5, 0.6) is 0 Å². The number of morpholine rings is 1. The predicted octanol–water partition coefficient (Wildman–Crippen LogP) is 2.40. The van der Waals surface area contributed by atoms with E-state index in [4.69, 9.17) is 4.74 Å². The average molecular weight is 460 g/mol. The molecule has 0 radical (unpaired) electrons. The summed E-state index contributed by atoms with van der Waals surface area (Å²) in [5.41, 5.74) is 0.441. The first-order chi connectivity index (χ1) is 15.5. The summed E-state index contributed by atoms with van der Waals surface area (Å²) < 4.78 is 18.5. The third-order valence-corrected chi connectivity index (χ3v) is 6.88. The predicted molar refractivity (Wildman–Crippen MR) is 118 cm³/mol. The number of likely N-dealkylation sites (tertiary alicyclic amines) is 1. The summed E-state index contributed by atoms with van der Waals surface area (Å²) in [6.07, 6.45) is 1.19. The number of amides is 3. The van der Waals surface area contributed by atoms with Gasteiger partial charge in [0.05, 0.1) is 18.1 Å². The van der Waals surface area contributed by atoms with E-state index in [1.807, 2.05) is 5.38 Å². The van der Waals surface area contributed by atoms with E-state index in [-0.39, 0.29) is 29.5 Å². The van der Waals surface area contributed by atoms with Gasteiger partial charge in [0.2, 0.25) is 5.91 Å². The number of ether oxygens (including phenoxy) is 1. The number of hydrogen-bond acceptors (Lipinski definition) is 5. The molecule has 170 valence electrons. The summed E-state index contributed by atoms with van der Waals surface area (Å²) in [5, 5.41) is 4.79. The molecule has 0 saturated carbocycles. The Hall–Kier alpha value is -2.78. The van der Waals surface area contributed by atoms with Crippen molar-refractivity contribution in [2.24, 2.45) is 5.92 Å². The van der Waals surface area contributed by atoms with E-state index < -0.39 is 6.04 Å². The molecule has 2 aliphatic rings. The maximum absolute atomic E-state index is 13.3. The summed E-state index contributed by atoms with van der Waals surface area (Å²) in [4.78, 5) is 42.8. The minimum atomic E-state index is -0.647. The number of rotatable bonds is 5. The Morgan fingerprint density at radius 1 is 1.00 bits per heavy atom. The number of hydrogen-bond donors (Lipinski definition) is 1. The molecule has 1 N–H and O–H groups in total. The van der Waals surface area contributed by atoms with Gasteiger partial charge < -0.3 is 19.9 Å². The van der Waals surface area contributed by atoms with Crippen LogP contribution in [-0.2, 0) is 9.53 Å². The number of benzene rings is 1. The highest BCUT2D eigenvalue weighted by Crippen LogP contribution is 2.24. The van der Waals surface area contributed by atoms with Crippen molar-refractivity contribution in [2.75, 3.05) is 39.4 Å². The zero-order chi connectivity index (χ0) is 22.5. The third-order valence-electron chi connectivity index (χ3n) is 6.01. The van der Waals surface area contributed by atoms with Crippen LogP contribution < -0.4 is 5.32 Å². The van der Waals surface area contributed by atoms with Crippen LogP contribution in [0.4, 0.5) is 4.39 Å². The Labute approximate surface area is 190 Å². The van der Waals surface area contributed by atoms with Crippen molar-refractivity contribution in [3.63, 3.8) is 0 Å². The molecule has 3 heterocycles. The number of piperidine rings is 1. The molecule has 2 aromatic rings. The van der Waals surface area contributed by atoms with Crippen LogP contribution in [0.3, 0.4) is 0 Å². The summed E-state index contributed by atoms with van der Waals surface area (Å²) in [7, 11) is 0. The molecule has 1 unspecified atom stereocenters. The summed E-state index contributed by atoms with van der Waals surface area (Å²) in [5.74, 6) is -0.960. The maximum Gasteiger partial charge on any atom is 0.262 e. The van der Waals surface area contributed by atoms with Crippen LogP contribution in [0, 0.1) is 11.7 Å². The molecule has 0 aliphatic carbocycles. The second-order valence-corrected chi connectivity index (χ2v) is 8.95. The van der Waals surface area contributed by atoms with Crippen molar-refractivity contribution in [1.82, 2.24) is 15.1 Å². The van der Waals surface area contributed by atoms with Crippen molar-refractivity contribution in [3.8, 4) is 0 Å². The van der Waals surface area contributed by atoms with Crippen molar-refractivity contribution in [2.45, 2.75) is 18.9 Å². The molecule has 9 heteroatoms. The van der Waals surface area contributed by atoms with Gasteiger partial charge in [-0.15, -0.1) is 11.3 Å². The van der Waals surface area contributed by atoms with E-state index in [9.17, 15) is 18.8 Å². The lowest BCUT2D eigenvalue weighted by Gasteiger charge is -2.38. The van der Waals surface area contributed by atoms with Gasteiger partial charge in [0.15, 0.2) is 0 Å². The molecule has 3 amide bonds. The van der Waals surface area contributed by atoms with E-state index in [0.29, 0.717) is 62.7 Å². The Morgan fingerprint density at radius 2 is 1.69 bits per heavy atom. The zero-order valence-electron chi connectivity index (χ0n) is 17.7. The molecule has 1 aromatic heterocycles. The Balaban J connectivity index is 1.44. The number of thiophene rings is 1. The quantitative estimate of drug-likeness (QED) is 0.745. The molecule has 4 rings (SSSR count). The SMILES string of the molecule is O=C(NC(C(=O)N1CCOCC1)C1CCN(C(=O)c2ccc(F)cc2)CC1)c1cccs1. The number of nitrogens with one attached hydrogen (secondary N) is 1. The number of carbonyl (C=O) groups excluding carboxylic acids is 3. The van der Waals surface area contributed by atoms with Gasteiger partial charge in [-0.05, 0) is 54.5 Å². The molecule has 32 heavy (non-hydrogen) atoms. The van der Waals surface area contributed by atoms with E-state index >= 15 is 0 Å². The van der Waals surface area contributed by atoms with Gasteiger partial charge in [0, 0.05) is 31.7 Å². The summed E-state index contributed by atoms with van der Waals surface area (Å²) in [6, 6.07) is 8.41. The highest BCUT2D eigenvalue weighted by molar-refractivity contribution is 7.12. The molecule has 2 aliphatic heterocycles. The van der Waals surface area contributed by atoms with Gasteiger partial charge in [-0.3, -0.25) is 14.4 Å². The first-order valence-corrected chi connectivity index (χ1v) is 11.7. The Bertz CT molecular complexity index is 937. The van der Waals surface area contributed by atoms with E-state index in [2.05, 4.69) is 5.32 Å². The van der Waals surface area contributed by atoms with Gasteiger partial charge >= 0.3 is 0 Å². The van der Waals surface area contributed by atoms with Crippen LogP contribution in [0.25, 0.3) is 0 Å². The zero-order valence-corrected chi connectivity index (χ0v) is 18.5. The normalized spacial score (nSPS) is 18.3. The van der Waals surface area contributed by atoms with Gasteiger partial charge in [-0.25, -0.2) is 4.39 Å². The third kappa shape index (κ3) is 5.16. The second-order valence-electron chi connectivity index (χ2n) is 8.00. The lowest BCUT2D eigenvalue weighted by atomic mass is 9.88. The molecule has 2 fully saturated rings. The van der Waals surface area contributed by atoms with Crippen LogP contribution in [0.15, 0.2) is 41.8 Å². The highest BCUT2D eigenvalue weighted by Gasteiger charge is 2.36. The fraction of sp³-hybridized carbons (Fsp3) is 0.435. The maximum atomic E-state index is 13.3. The minimum Gasteiger partial charge on any atom is -0.378 e. The first-order valence-electron chi connectivity index (χ1n) is 10.8. The Morgan fingerprint density at radius 3 is 2.31 bits per heavy atom. The highest BCUT2D eigenvalue weighted by atomic mass is 32.1. The molecule has 0 bridgehead atoms. The average Bonchev–Trinajstić information content (AvgIpc) is 3.38. The largest absolute Gasteiger partial charge is 0.378 e. The number of nitrogens with zero attached hydrogens (tertiary/aromatic N) is 2. The van der Waals surface area contributed by atoms with Crippen molar-refractivity contribution < 1.29 is 23.5 Å². The van der Waals surface area contributed by atoms with E-state index in [1.165, 1.54) is 35.6 Å². The number of halogens is 1. The molecule has 0 spiro atoms. The fourth-order valence-electron chi connectivity index (χ4n) is 4.19. The second kappa shape index (κ2) is 10.2. The molecular formula is C23H26FN3O4S. The fourth-order valence-corrected chi connectivity index (χ4v) is 4.82. The van der Waals surface area contributed by atoms with E-state index in [0.717, 1.165) is 0 Å². The van der Waals surface area contributed by atoms with Crippen LogP contribution in [0.1, 0.15) is 32.9 Å². The van der Waals surface area contributed by atoms with Crippen molar-refractivity contribution in [1.29, 1.82) is 0 Å². The monoisotopic (exact) mass is 459 g/mol. The summed E-state index contributed by atoms with van der Waals surface area (Å²) >= 11 is 1.33. The first kappa shape index (κ1) is 22.4. The van der Waals surface area contributed by atoms with Gasteiger partial charge in [-0.1, -0.05) is 6.07 Å². The lowest BCUT2D eigenvalue weighted by Crippen LogP contribution is -2.56. The standard InChI is InChI=1S/C23H26FN3O4S/c24-18-5-3-17(4-6-18)22(29)26-9-7-16(8-10-26)20(23(30)27-11-13-31-14-12-27)25-21(28)19-2-1-15-32-19/h1-6,15-16,20H,7-14H2,(H,25,28). The lowest BCUT2D eigenvalue weighted by molar-refractivity contribution is -0.139. The van der Waals surface area contributed by atoms with Crippen molar-refractivity contribution in [3.05, 3.63) is 58.0 Å². The van der Waals surface area contributed by atoms with Gasteiger partial charge in [0.25, 0.3) is 11.8 Å². The smallest absolute Gasteiger partial charge is 0.262 e. The molecule has 1 aromatic carbocycles. The van der Waals surface area contributed by atoms with Crippen LogP contribution in [0.2, 0.25) is 0 Å². The minimum absolute atomic E-state index is 0.0773. The van der Waals surface area contributed by atoms with Crippen LogP contribution >= 0.6 is 11.3 Å². The van der Waals surface area contributed by atoms with E-state index in [1.54, 1.807) is 21.9 Å². The topological polar surface area (TPSA) is 79.0 Å². The van der Waals surface area contributed by atoms with Gasteiger partial charge in [0.1, 0.15) is 11.9 Å².